The van der Waals surface area contributed by atoms with Gasteiger partial charge < -0.3 is 9.73 Å². The number of rotatable bonds is 6. The molecule has 0 unspecified atom stereocenters. The first-order valence-corrected chi connectivity index (χ1v) is 6.95. The van der Waals surface area contributed by atoms with E-state index >= 15 is 0 Å². The third-order valence-electron chi connectivity index (χ3n) is 2.80. The molecule has 0 saturated carbocycles. The van der Waals surface area contributed by atoms with E-state index in [1.54, 1.807) is 12.1 Å². The number of benzene rings is 1. The molecule has 0 bridgehead atoms. The summed E-state index contributed by atoms with van der Waals surface area (Å²) in [7, 11) is 0. The summed E-state index contributed by atoms with van der Waals surface area (Å²) < 4.78 is 5.56. The fourth-order valence-electron chi connectivity index (χ4n) is 1.85. The summed E-state index contributed by atoms with van der Waals surface area (Å²) in [5.74, 6) is 1.38. The summed E-state index contributed by atoms with van der Waals surface area (Å²) in [6.07, 6.45) is 1.49. The summed E-state index contributed by atoms with van der Waals surface area (Å²) in [5.41, 5.74) is 0.271. The highest BCUT2D eigenvalue weighted by atomic mass is 35.5. The average Bonchev–Trinajstić information content (AvgIpc) is 2.86. The van der Waals surface area contributed by atoms with E-state index in [2.05, 4.69) is 24.1 Å². The van der Waals surface area contributed by atoms with E-state index in [0.717, 1.165) is 6.54 Å². The van der Waals surface area contributed by atoms with Gasteiger partial charge in [-0.15, -0.1) is 0 Å². The van der Waals surface area contributed by atoms with Gasteiger partial charge in [0.25, 0.3) is 5.69 Å². The normalized spacial score (nSPS) is 11.0. The predicted octanol–water partition coefficient (Wildman–Crippen LogP) is 3.65. The van der Waals surface area contributed by atoms with Crippen LogP contribution in [0.25, 0.3) is 11.3 Å². The molecule has 1 N–H and O–H groups in total. The van der Waals surface area contributed by atoms with Crippen molar-refractivity contribution in [1.82, 2.24) is 10.3 Å². The third-order valence-corrected chi connectivity index (χ3v) is 3.04. The van der Waals surface area contributed by atoms with Crippen LogP contribution in [0.15, 0.2) is 28.8 Å². The van der Waals surface area contributed by atoms with Crippen LogP contribution < -0.4 is 5.32 Å². The summed E-state index contributed by atoms with van der Waals surface area (Å²) in [6, 6.07) is 4.45. The van der Waals surface area contributed by atoms with Gasteiger partial charge in [0.1, 0.15) is 0 Å². The lowest BCUT2D eigenvalue weighted by atomic mass is 10.1. The Bertz CT molecular complexity index is 640. The van der Waals surface area contributed by atoms with Gasteiger partial charge in [0.05, 0.1) is 23.2 Å². The number of nitro benzene ring substituents is 1. The molecule has 6 nitrogen and oxygen atoms in total. The molecule has 2 rings (SSSR count). The fourth-order valence-corrected chi connectivity index (χ4v) is 2.01. The number of halogens is 1. The second kappa shape index (κ2) is 6.69. The molecule has 0 spiro atoms. The van der Waals surface area contributed by atoms with Crippen molar-refractivity contribution in [1.29, 1.82) is 0 Å². The molecule has 1 aromatic heterocycles. The van der Waals surface area contributed by atoms with Crippen LogP contribution in [0.1, 0.15) is 19.7 Å². The fraction of sp³-hybridized carbons (Fsp3) is 0.357. The van der Waals surface area contributed by atoms with Crippen molar-refractivity contribution in [3.63, 3.8) is 0 Å². The number of aromatic nitrogens is 1. The quantitative estimate of drug-likeness (QED) is 0.650. The van der Waals surface area contributed by atoms with Crippen LogP contribution >= 0.6 is 11.6 Å². The average molecular weight is 310 g/mol. The van der Waals surface area contributed by atoms with Crippen LogP contribution in [0.4, 0.5) is 5.69 Å². The summed E-state index contributed by atoms with van der Waals surface area (Å²) >= 11 is 5.79. The molecular weight excluding hydrogens is 294 g/mol. The van der Waals surface area contributed by atoms with Gasteiger partial charge in [-0.05, 0) is 24.6 Å². The highest BCUT2D eigenvalue weighted by Gasteiger charge is 2.19. The maximum Gasteiger partial charge on any atom is 0.281 e. The monoisotopic (exact) mass is 309 g/mol. The van der Waals surface area contributed by atoms with Crippen molar-refractivity contribution in [2.45, 2.75) is 20.4 Å². The van der Waals surface area contributed by atoms with E-state index in [1.807, 2.05) is 0 Å². The molecule has 21 heavy (non-hydrogen) atoms. The van der Waals surface area contributed by atoms with E-state index in [-0.39, 0.29) is 5.69 Å². The predicted molar refractivity (Wildman–Crippen MR) is 80.1 cm³/mol. The van der Waals surface area contributed by atoms with E-state index < -0.39 is 4.92 Å². The Morgan fingerprint density at radius 1 is 1.48 bits per heavy atom. The van der Waals surface area contributed by atoms with Crippen LogP contribution in [0, 0.1) is 16.0 Å². The summed E-state index contributed by atoms with van der Waals surface area (Å²) in [5, 5.41) is 14.6. The lowest BCUT2D eigenvalue weighted by Crippen LogP contribution is -2.18. The van der Waals surface area contributed by atoms with Gasteiger partial charge in [-0.25, -0.2) is 4.98 Å². The molecule has 0 radical (unpaired) electrons. The molecule has 1 heterocycles. The van der Waals surface area contributed by atoms with Gasteiger partial charge in [0, 0.05) is 11.1 Å². The highest BCUT2D eigenvalue weighted by molar-refractivity contribution is 6.30. The smallest absolute Gasteiger partial charge is 0.281 e. The zero-order valence-electron chi connectivity index (χ0n) is 11.8. The maximum absolute atomic E-state index is 11.1. The largest absolute Gasteiger partial charge is 0.439 e. The van der Waals surface area contributed by atoms with Gasteiger partial charge in [-0.1, -0.05) is 25.4 Å². The number of hydrogen-bond donors (Lipinski definition) is 1. The minimum absolute atomic E-state index is 0.0969. The van der Waals surface area contributed by atoms with Crippen molar-refractivity contribution in [2.75, 3.05) is 6.54 Å². The third kappa shape index (κ3) is 4.03. The molecule has 0 aliphatic rings. The standard InChI is InChI=1S/C14H16ClN3O3/c1-9(2)6-16-8-14-17-7-13(21-14)11-4-3-10(15)5-12(11)18(19)20/h3-5,7,9,16H,6,8H2,1-2H3. The van der Waals surface area contributed by atoms with Crippen molar-refractivity contribution in [3.8, 4) is 11.3 Å². The molecule has 0 saturated heterocycles. The summed E-state index contributed by atoms with van der Waals surface area (Å²) in [4.78, 5) is 14.7. The Labute approximate surface area is 127 Å². The molecule has 1 aromatic carbocycles. The van der Waals surface area contributed by atoms with E-state index in [1.165, 1.54) is 12.3 Å². The molecule has 112 valence electrons. The number of nitrogens with one attached hydrogen (secondary N) is 1. The number of nitro groups is 1. The Hall–Kier alpha value is -1.92. The van der Waals surface area contributed by atoms with Crippen molar-refractivity contribution >= 4 is 17.3 Å². The van der Waals surface area contributed by atoms with Gasteiger partial charge in [-0.3, -0.25) is 10.1 Å². The van der Waals surface area contributed by atoms with Gasteiger partial charge in [0.15, 0.2) is 5.76 Å². The topological polar surface area (TPSA) is 81.2 Å². The zero-order valence-corrected chi connectivity index (χ0v) is 12.6. The van der Waals surface area contributed by atoms with E-state index in [0.29, 0.717) is 34.7 Å². The van der Waals surface area contributed by atoms with Crippen LogP contribution in [-0.2, 0) is 6.54 Å². The van der Waals surface area contributed by atoms with Crippen LogP contribution in [0.3, 0.4) is 0 Å². The first-order chi connectivity index (χ1) is 9.97. The minimum atomic E-state index is -0.486. The number of oxazole rings is 1. The molecule has 7 heteroatoms. The Balaban J connectivity index is 2.19. The molecule has 0 atom stereocenters. The van der Waals surface area contributed by atoms with Crippen LogP contribution in [0.5, 0.6) is 0 Å². The molecule has 0 fully saturated rings. The van der Waals surface area contributed by atoms with Gasteiger partial charge in [0.2, 0.25) is 5.89 Å². The second-order valence-electron chi connectivity index (χ2n) is 5.06. The van der Waals surface area contributed by atoms with Crippen molar-refractivity contribution < 1.29 is 9.34 Å². The number of nitrogens with zero attached hydrogens (tertiary/aromatic N) is 2. The van der Waals surface area contributed by atoms with Crippen molar-refractivity contribution in [2.24, 2.45) is 5.92 Å². The molecule has 0 aliphatic carbocycles. The molecule has 0 amide bonds. The molecular formula is C14H16ClN3O3. The van der Waals surface area contributed by atoms with E-state index in [4.69, 9.17) is 16.0 Å². The Kier molecular flexibility index (Phi) is 4.93. The minimum Gasteiger partial charge on any atom is -0.439 e. The summed E-state index contributed by atoms with van der Waals surface area (Å²) in [6.45, 7) is 5.54. The van der Waals surface area contributed by atoms with Gasteiger partial charge >= 0.3 is 0 Å². The van der Waals surface area contributed by atoms with Crippen LogP contribution in [0.2, 0.25) is 5.02 Å². The lowest BCUT2D eigenvalue weighted by molar-refractivity contribution is -0.384. The van der Waals surface area contributed by atoms with E-state index in [9.17, 15) is 10.1 Å². The van der Waals surface area contributed by atoms with Gasteiger partial charge in [-0.2, -0.15) is 0 Å². The number of hydrogen-bond acceptors (Lipinski definition) is 5. The Morgan fingerprint density at radius 3 is 2.90 bits per heavy atom. The molecule has 0 aliphatic heterocycles. The van der Waals surface area contributed by atoms with Crippen molar-refractivity contribution in [3.05, 3.63) is 45.4 Å². The lowest BCUT2D eigenvalue weighted by Gasteiger charge is -2.04. The SMILES string of the molecule is CC(C)CNCc1ncc(-c2ccc(Cl)cc2[N+](=O)[O-])o1. The highest BCUT2D eigenvalue weighted by Crippen LogP contribution is 2.32. The first kappa shape index (κ1) is 15.5. The maximum atomic E-state index is 11.1. The first-order valence-electron chi connectivity index (χ1n) is 6.57. The second-order valence-corrected chi connectivity index (χ2v) is 5.50. The van der Waals surface area contributed by atoms with Crippen LogP contribution in [-0.4, -0.2) is 16.5 Å². The Morgan fingerprint density at radius 2 is 2.24 bits per heavy atom. The zero-order chi connectivity index (χ0) is 15.4. The molecule has 2 aromatic rings.